The van der Waals surface area contributed by atoms with E-state index < -0.39 is 24.0 Å². The number of benzene rings is 2. The van der Waals surface area contributed by atoms with Gasteiger partial charge in [-0.25, -0.2) is 0 Å². The Hall–Kier alpha value is -6.06. The van der Waals surface area contributed by atoms with Gasteiger partial charge < -0.3 is 72.0 Å². The minimum atomic E-state index is -0.781. The lowest BCUT2D eigenvalue weighted by atomic mass is 9.98. The summed E-state index contributed by atoms with van der Waals surface area (Å²) in [5.74, 6) is -0.483. The summed E-state index contributed by atoms with van der Waals surface area (Å²) in [4.78, 5) is 65.6. The molecule has 1 heterocycles. The van der Waals surface area contributed by atoms with Crippen LogP contribution in [0.3, 0.4) is 0 Å². The maximum atomic E-state index is 14.3. The molecule has 1 aromatic heterocycles. The van der Waals surface area contributed by atoms with E-state index in [9.17, 15) is 29.1 Å². The van der Waals surface area contributed by atoms with Gasteiger partial charge in [0, 0.05) is 56.0 Å². The zero-order valence-electron chi connectivity index (χ0n) is 43.9. The largest absolute Gasteiger partial charge is 0.507 e. The SMILES string of the molecule is CCN(CC)CCNCCNC(=O)C(CCCNC)NC(=O)COc1cc2oc3cc(OCC=O)c(CC=C(C)C)c(O)c3c(=O)c2c(CC=C(C)C)c1OC.CCNC(=O)C(CCCN)NC.N=CN. The zero-order valence-corrected chi connectivity index (χ0v) is 43.9. The summed E-state index contributed by atoms with van der Waals surface area (Å²) in [5, 5.41) is 35.4. The van der Waals surface area contributed by atoms with Crippen molar-refractivity contribution in [2.24, 2.45) is 11.5 Å². The van der Waals surface area contributed by atoms with E-state index in [4.69, 9.17) is 29.8 Å². The molecule has 0 saturated carbocycles. The molecule has 0 aliphatic carbocycles. The van der Waals surface area contributed by atoms with Crippen LogP contribution in [0.4, 0.5) is 0 Å². The van der Waals surface area contributed by atoms with E-state index in [0.717, 1.165) is 56.5 Å². The molecule has 2 aromatic carbocycles. The van der Waals surface area contributed by atoms with Crippen LogP contribution in [0.5, 0.6) is 23.0 Å². The minimum absolute atomic E-state index is 0.0402. The summed E-state index contributed by atoms with van der Waals surface area (Å²) in [6.07, 6.45) is 8.41. The standard InChI is InChI=1S/C42H61N5O9.C8H19N3O.CH4N2/c1-9-47(10-2)21-20-44-18-19-45-42(52)31(12-11-17-43-7)46-36(49)26-55-35-25-33-37(30(41(35)53-8)16-14-28(5)6)40(51)38-34(56-33)24-32(54-23-22-48)29(39(38)50)15-13-27(3)4;1-3-11-8(12)7(10-2)5-4-6-9;2-1-3/h13-14,22,24-25,31,43-44,50H,9-12,15-21,23,26H2,1-8H3,(H,45,52)(H,46,49);7,10H,3-6,9H2,1-2H3,(H,11,12);1H,(H3,2,3). The van der Waals surface area contributed by atoms with Gasteiger partial charge in [-0.05, 0) is 113 Å². The number of likely N-dealkylation sites (N-methyl/N-ethyl adjacent to an activating group) is 3. The van der Waals surface area contributed by atoms with Crippen LogP contribution < -0.4 is 63.0 Å². The fraction of sp³-hybridized carbons (Fsp3) is 0.569. The van der Waals surface area contributed by atoms with Crippen molar-refractivity contribution in [1.82, 2.24) is 36.8 Å². The molecule has 0 fully saturated rings. The molecule has 398 valence electrons. The summed E-state index contributed by atoms with van der Waals surface area (Å²) in [6.45, 7) is 19.8. The number of aromatic hydroxyl groups is 1. The number of hydrogen-bond donors (Lipinski definition) is 10. The molecule has 3 aromatic rings. The van der Waals surface area contributed by atoms with Crippen molar-refractivity contribution >= 4 is 52.3 Å². The topological polar surface area (TPSA) is 298 Å². The quantitative estimate of drug-likeness (QED) is 0.0111. The van der Waals surface area contributed by atoms with Crippen molar-refractivity contribution in [2.75, 3.05) is 93.3 Å². The highest BCUT2D eigenvalue weighted by Gasteiger charge is 2.26. The molecule has 0 aliphatic heterocycles. The van der Waals surface area contributed by atoms with Crippen molar-refractivity contribution < 1.29 is 42.9 Å². The smallest absolute Gasteiger partial charge is 0.258 e. The third-order valence-corrected chi connectivity index (χ3v) is 11.0. The second-order valence-electron chi connectivity index (χ2n) is 16.8. The van der Waals surface area contributed by atoms with Gasteiger partial charge in [0.05, 0.1) is 24.9 Å². The number of phenols is 1. The number of fused-ring (bicyclic) bond motifs is 2. The van der Waals surface area contributed by atoms with Crippen molar-refractivity contribution in [1.29, 1.82) is 5.41 Å². The molecule has 0 spiro atoms. The van der Waals surface area contributed by atoms with Gasteiger partial charge in [-0.2, -0.15) is 0 Å². The van der Waals surface area contributed by atoms with Crippen molar-refractivity contribution in [3.05, 3.63) is 56.8 Å². The van der Waals surface area contributed by atoms with E-state index in [0.29, 0.717) is 63.0 Å². The van der Waals surface area contributed by atoms with Gasteiger partial charge >= 0.3 is 0 Å². The van der Waals surface area contributed by atoms with Gasteiger partial charge in [0.1, 0.15) is 40.7 Å². The first kappa shape index (κ1) is 63.0. The molecular formula is C51H84N10O10. The van der Waals surface area contributed by atoms with Gasteiger partial charge in [0.25, 0.3) is 5.91 Å². The second kappa shape index (κ2) is 35.9. The molecule has 3 amide bonds. The van der Waals surface area contributed by atoms with Crippen LogP contribution in [0.15, 0.2) is 44.6 Å². The lowest BCUT2D eigenvalue weighted by Gasteiger charge is -2.20. The predicted molar refractivity (Wildman–Crippen MR) is 283 cm³/mol. The lowest BCUT2D eigenvalue weighted by Crippen LogP contribution is -2.49. The number of methoxy groups -OCH3 is 1. The number of amides is 3. The molecular weight excluding hydrogens is 913 g/mol. The molecule has 2 atom stereocenters. The Bertz CT molecular complexity index is 2240. The highest BCUT2D eigenvalue weighted by molar-refractivity contribution is 5.98. The maximum absolute atomic E-state index is 14.3. The number of allylic oxidation sites excluding steroid dienone is 4. The van der Waals surface area contributed by atoms with Crippen molar-refractivity contribution in [3.8, 4) is 23.0 Å². The van der Waals surface area contributed by atoms with E-state index in [1.54, 1.807) is 7.05 Å². The van der Waals surface area contributed by atoms with Gasteiger partial charge in [-0.1, -0.05) is 37.1 Å². The Morgan fingerprint density at radius 2 is 1.45 bits per heavy atom. The summed E-state index contributed by atoms with van der Waals surface area (Å²) in [7, 11) is 5.05. The second-order valence-corrected chi connectivity index (χ2v) is 16.8. The molecule has 12 N–H and O–H groups in total. The molecule has 0 aliphatic rings. The predicted octanol–water partition coefficient (Wildman–Crippen LogP) is 3.17. The van der Waals surface area contributed by atoms with E-state index in [2.05, 4.69) is 56.4 Å². The van der Waals surface area contributed by atoms with Crippen LogP contribution >= 0.6 is 0 Å². The Morgan fingerprint density at radius 3 is 2.01 bits per heavy atom. The molecule has 71 heavy (non-hydrogen) atoms. The number of nitrogens with one attached hydrogen (secondary N) is 7. The lowest BCUT2D eigenvalue weighted by molar-refractivity contribution is -0.130. The number of rotatable bonds is 31. The average molecular weight is 997 g/mol. The van der Waals surface area contributed by atoms with E-state index in [-0.39, 0.29) is 82.2 Å². The fourth-order valence-electron chi connectivity index (χ4n) is 7.25. The van der Waals surface area contributed by atoms with Crippen LogP contribution in [0.1, 0.15) is 85.3 Å². The fourth-order valence-corrected chi connectivity index (χ4v) is 7.25. The van der Waals surface area contributed by atoms with Crippen LogP contribution in [0.25, 0.3) is 21.9 Å². The Morgan fingerprint density at radius 1 is 0.845 bits per heavy atom. The number of nitrogens with two attached hydrogens (primary N) is 2. The summed E-state index contributed by atoms with van der Waals surface area (Å²) in [5.41, 5.74) is 12.2. The van der Waals surface area contributed by atoms with Gasteiger partial charge in [0.15, 0.2) is 24.4 Å². The van der Waals surface area contributed by atoms with Crippen LogP contribution in [0.2, 0.25) is 0 Å². The summed E-state index contributed by atoms with van der Waals surface area (Å²) >= 11 is 0. The molecule has 0 radical (unpaired) electrons. The van der Waals surface area contributed by atoms with Crippen LogP contribution in [-0.2, 0) is 32.0 Å². The van der Waals surface area contributed by atoms with Crippen LogP contribution in [-0.4, -0.2) is 146 Å². The molecule has 20 heteroatoms. The van der Waals surface area contributed by atoms with Crippen LogP contribution in [0, 0.1) is 5.41 Å². The van der Waals surface area contributed by atoms with Crippen molar-refractivity contribution in [3.63, 3.8) is 0 Å². The number of carbonyl (C=O) groups excluding carboxylic acids is 4. The van der Waals surface area contributed by atoms with E-state index in [1.807, 2.05) is 53.8 Å². The average Bonchev–Trinajstić information content (AvgIpc) is 3.33. The number of phenolic OH excluding ortho intramolecular Hbond substituents is 1. The molecule has 0 bridgehead atoms. The summed E-state index contributed by atoms with van der Waals surface area (Å²) in [6, 6.07) is 2.09. The monoisotopic (exact) mass is 997 g/mol. The third kappa shape index (κ3) is 21.9. The van der Waals surface area contributed by atoms with Crippen molar-refractivity contribution in [2.45, 2.75) is 99.1 Å². The first-order valence-electron chi connectivity index (χ1n) is 24.4. The Labute approximate surface area is 419 Å². The van der Waals surface area contributed by atoms with E-state index in [1.165, 1.54) is 19.2 Å². The Kier molecular flexibility index (Phi) is 31.9. The number of ether oxygens (including phenoxy) is 3. The number of aldehydes is 1. The third-order valence-electron chi connectivity index (χ3n) is 11.0. The van der Waals surface area contributed by atoms with Gasteiger partial charge in [0.2, 0.25) is 17.2 Å². The molecule has 3 rings (SSSR count). The highest BCUT2D eigenvalue weighted by Crippen LogP contribution is 2.41. The number of hydrogen-bond acceptors (Lipinski definition) is 16. The maximum Gasteiger partial charge on any atom is 0.258 e. The van der Waals surface area contributed by atoms with E-state index >= 15 is 0 Å². The molecule has 20 nitrogen and oxygen atoms in total. The molecule has 2 unspecified atom stereocenters. The normalized spacial score (nSPS) is 11.5. The van der Waals surface area contributed by atoms with Gasteiger partial charge in [-0.3, -0.25) is 29.4 Å². The minimum Gasteiger partial charge on any atom is -0.507 e. The highest BCUT2D eigenvalue weighted by atomic mass is 16.5. The zero-order chi connectivity index (χ0) is 53.3. The Balaban J connectivity index is 0.00000145. The molecule has 0 saturated heterocycles. The first-order chi connectivity index (χ1) is 34.1. The first-order valence-corrected chi connectivity index (χ1v) is 24.4. The van der Waals surface area contributed by atoms with Gasteiger partial charge in [-0.15, -0.1) is 0 Å². The number of carbonyl (C=O) groups is 4. The number of nitrogens with zero attached hydrogens (tertiary/aromatic N) is 1. The summed E-state index contributed by atoms with van der Waals surface area (Å²) < 4.78 is 23.8.